The summed E-state index contributed by atoms with van der Waals surface area (Å²) in [5, 5.41) is 5.90. The number of benzene rings is 1. The van der Waals surface area contributed by atoms with E-state index in [-0.39, 0.29) is 11.9 Å². The third kappa shape index (κ3) is 3.84. The van der Waals surface area contributed by atoms with Crippen LogP contribution in [0.3, 0.4) is 0 Å². The molecule has 2 rings (SSSR count). The van der Waals surface area contributed by atoms with Gasteiger partial charge in [0.15, 0.2) is 0 Å². The maximum atomic E-state index is 12.0. The minimum Gasteiger partial charge on any atom is -0.345 e. The fourth-order valence-electron chi connectivity index (χ4n) is 1.64. The Bertz CT molecular complexity index is 614. The highest BCUT2D eigenvalue weighted by Crippen LogP contribution is 2.26. The van der Waals surface area contributed by atoms with Crippen LogP contribution >= 0.6 is 57.1 Å². The second kappa shape index (κ2) is 6.43. The first-order chi connectivity index (χ1) is 8.97. The summed E-state index contributed by atoms with van der Waals surface area (Å²) in [4.78, 5) is 12.0. The molecule has 1 unspecified atom stereocenters. The molecular weight excluding hydrogens is 416 g/mol. The molecule has 2 aromatic rings. The van der Waals surface area contributed by atoms with Gasteiger partial charge in [0.2, 0.25) is 0 Å². The molecule has 1 aromatic heterocycles. The van der Waals surface area contributed by atoms with Crippen LogP contribution in [-0.4, -0.2) is 5.91 Å². The molecule has 1 amide bonds. The lowest BCUT2D eigenvalue weighted by molar-refractivity contribution is 0.0940. The molecule has 1 heterocycles. The molecule has 0 aliphatic heterocycles. The van der Waals surface area contributed by atoms with Crippen molar-refractivity contribution in [2.24, 2.45) is 0 Å². The summed E-state index contributed by atoms with van der Waals surface area (Å²) in [7, 11) is 0. The van der Waals surface area contributed by atoms with Crippen LogP contribution in [0.15, 0.2) is 29.6 Å². The molecule has 1 atom stereocenters. The van der Waals surface area contributed by atoms with Gasteiger partial charge in [-0.15, -0.1) is 11.3 Å². The summed E-state index contributed by atoms with van der Waals surface area (Å²) in [5.74, 6) is -0.0994. The molecule has 0 saturated carbocycles. The van der Waals surface area contributed by atoms with E-state index < -0.39 is 0 Å². The molecule has 6 heteroatoms. The highest BCUT2D eigenvalue weighted by atomic mass is 127. The molecule has 2 nitrogen and oxygen atoms in total. The molecule has 0 spiro atoms. The predicted octanol–water partition coefficient (Wildman–Crippen LogP) is 5.15. The Morgan fingerprint density at radius 3 is 2.68 bits per heavy atom. The second-order valence-electron chi connectivity index (χ2n) is 4.00. The van der Waals surface area contributed by atoms with Gasteiger partial charge in [0.25, 0.3) is 5.91 Å². The van der Waals surface area contributed by atoms with Gasteiger partial charge in [-0.1, -0.05) is 29.3 Å². The molecule has 0 aliphatic rings. The molecule has 0 aliphatic carbocycles. The van der Waals surface area contributed by atoms with Crippen molar-refractivity contribution in [3.63, 3.8) is 0 Å². The fraction of sp³-hybridized carbons (Fsp3) is 0.154. The summed E-state index contributed by atoms with van der Waals surface area (Å²) in [6.07, 6.45) is 0. The maximum Gasteiger partial charge on any atom is 0.252 e. The average molecular weight is 426 g/mol. The normalized spacial score (nSPS) is 12.2. The van der Waals surface area contributed by atoms with E-state index in [9.17, 15) is 4.79 Å². The molecule has 1 N–H and O–H groups in total. The number of amides is 1. The Morgan fingerprint density at radius 2 is 2.11 bits per heavy atom. The van der Waals surface area contributed by atoms with Gasteiger partial charge in [-0.3, -0.25) is 4.79 Å². The van der Waals surface area contributed by atoms with Crippen LogP contribution in [0.1, 0.15) is 28.9 Å². The van der Waals surface area contributed by atoms with Crippen LogP contribution in [0.4, 0.5) is 0 Å². The summed E-state index contributed by atoms with van der Waals surface area (Å²) in [6.45, 7) is 1.89. The number of nitrogens with one attached hydrogen (secondary N) is 1. The molecule has 19 heavy (non-hydrogen) atoms. The molecular formula is C13H10Cl2INOS. The summed E-state index contributed by atoms with van der Waals surface area (Å²) < 4.78 is 1.08. The van der Waals surface area contributed by atoms with E-state index in [0.717, 1.165) is 8.45 Å². The number of carbonyl (C=O) groups is 1. The smallest absolute Gasteiger partial charge is 0.252 e. The second-order valence-corrected chi connectivity index (χ2v) is 7.65. The van der Waals surface area contributed by atoms with Gasteiger partial charge >= 0.3 is 0 Å². The minimum absolute atomic E-state index is 0.0994. The zero-order chi connectivity index (χ0) is 14.0. The third-order valence-corrected chi connectivity index (χ3v) is 4.96. The lowest BCUT2D eigenvalue weighted by Crippen LogP contribution is -2.26. The van der Waals surface area contributed by atoms with Gasteiger partial charge in [-0.2, -0.15) is 0 Å². The first-order valence-corrected chi connectivity index (χ1v) is 8.18. The standard InChI is InChI=1S/C13H10Cl2INOS/c1-7(10-3-2-9(14)5-11(10)15)17-13(18)8-4-12(16)19-6-8/h2-7H,1H3,(H,17,18). The molecule has 0 fully saturated rings. The van der Waals surface area contributed by atoms with Gasteiger partial charge in [0.1, 0.15) is 0 Å². The third-order valence-electron chi connectivity index (χ3n) is 2.61. The SMILES string of the molecule is CC(NC(=O)c1csc(I)c1)c1ccc(Cl)cc1Cl. The number of rotatable bonds is 3. The van der Waals surface area contributed by atoms with Gasteiger partial charge in [-0.05, 0) is 53.3 Å². The van der Waals surface area contributed by atoms with Crippen molar-refractivity contribution in [3.05, 3.63) is 53.7 Å². The van der Waals surface area contributed by atoms with E-state index in [2.05, 4.69) is 27.9 Å². The summed E-state index contributed by atoms with van der Waals surface area (Å²) in [5.41, 5.74) is 1.52. The largest absolute Gasteiger partial charge is 0.345 e. The first kappa shape index (κ1) is 15.1. The first-order valence-electron chi connectivity index (χ1n) is 5.47. The average Bonchev–Trinajstić information content (AvgIpc) is 2.75. The summed E-state index contributed by atoms with van der Waals surface area (Å²) in [6, 6.07) is 6.95. The Hall–Kier alpha value is -0.300. The Labute approximate surface area is 139 Å². The number of hydrogen-bond acceptors (Lipinski definition) is 2. The topological polar surface area (TPSA) is 29.1 Å². The van der Waals surface area contributed by atoms with Gasteiger partial charge < -0.3 is 5.32 Å². The van der Waals surface area contributed by atoms with E-state index in [0.29, 0.717) is 15.6 Å². The number of hydrogen-bond donors (Lipinski definition) is 1. The monoisotopic (exact) mass is 425 g/mol. The van der Waals surface area contributed by atoms with E-state index in [1.165, 1.54) is 0 Å². The quantitative estimate of drug-likeness (QED) is 0.677. The highest BCUT2D eigenvalue weighted by molar-refractivity contribution is 14.1. The van der Waals surface area contributed by atoms with Crippen molar-refractivity contribution in [3.8, 4) is 0 Å². The van der Waals surface area contributed by atoms with Crippen molar-refractivity contribution in [1.82, 2.24) is 5.32 Å². The van der Waals surface area contributed by atoms with Crippen LogP contribution in [0.2, 0.25) is 10.0 Å². The van der Waals surface area contributed by atoms with Gasteiger partial charge in [-0.25, -0.2) is 0 Å². The Balaban J connectivity index is 2.12. The molecule has 0 bridgehead atoms. The zero-order valence-corrected chi connectivity index (χ0v) is 14.4. The van der Waals surface area contributed by atoms with Gasteiger partial charge in [0.05, 0.1) is 14.5 Å². The minimum atomic E-state index is -0.171. The number of halogens is 3. The molecule has 0 radical (unpaired) electrons. The molecule has 0 saturated heterocycles. The number of thiophene rings is 1. The van der Waals surface area contributed by atoms with Gasteiger partial charge in [0, 0.05) is 15.4 Å². The zero-order valence-electron chi connectivity index (χ0n) is 9.91. The van der Waals surface area contributed by atoms with E-state index in [1.807, 2.05) is 24.4 Å². The van der Waals surface area contributed by atoms with Crippen LogP contribution in [0.5, 0.6) is 0 Å². The van der Waals surface area contributed by atoms with Crippen LogP contribution in [0.25, 0.3) is 0 Å². The number of carbonyl (C=O) groups excluding carboxylic acids is 1. The van der Waals surface area contributed by atoms with Crippen molar-refractivity contribution in [1.29, 1.82) is 0 Å². The summed E-state index contributed by atoms with van der Waals surface area (Å²) >= 11 is 15.7. The maximum absolute atomic E-state index is 12.0. The van der Waals surface area contributed by atoms with Crippen molar-refractivity contribution >= 4 is 63.0 Å². The Morgan fingerprint density at radius 1 is 1.37 bits per heavy atom. The van der Waals surface area contributed by atoms with E-state index in [1.54, 1.807) is 23.5 Å². The van der Waals surface area contributed by atoms with Crippen molar-refractivity contribution < 1.29 is 4.79 Å². The fourth-order valence-corrected chi connectivity index (χ4v) is 3.54. The van der Waals surface area contributed by atoms with Crippen LogP contribution in [-0.2, 0) is 0 Å². The Kier molecular flexibility index (Phi) is 5.11. The van der Waals surface area contributed by atoms with Crippen molar-refractivity contribution in [2.45, 2.75) is 13.0 Å². The highest BCUT2D eigenvalue weighted by Gasteiger charge is 2.15. The predicted molar refractivity (Wildman–Crippen MR) is 89.4 cm³/mol. The van der Waals surface area contributed by atoms with Crippen LogP contribution in [0, 0.1) is 2.88 Å². The van der Waals surface area contributed by atoms with Crippen LogP contribution < -0.4 is 5.32 Å². The van der Waals surface area contributed by atoms with E-state index >= 15 is 0 Å². The van der Waals surface area contributed by atoms with E-state index in [4.69, 9.17) is 23.2 Å². The lowest BCUT2D eigenvalue weighted by atomic mass is 10.1. The van der Waals surface area contributed by atoms with Crippen molar-refractivity contribution in [2.75, 3.05) is 0 Å². The molecule has 100 valence electrons. The lowest BCUT2D eigenvalue weighted by Gasteiger charge is -2.15. The molecule has 1 aromatic carbocycles.